The highest BCUT2D eigenvalue weighted by Crippen LogP contribution is 2.20. The van der Waals surface area contributed by atoms with E-state index >= 15 is 0 Å². The molecule has 0 atom stereocenters. The second kappa shape index (κ2) is 9.77. The van der Waals surface area contributed by atoms with E-state index in [1.807, 2.05) is 37.4 Å². The van der Waals surface area contributed by atoms with Crippen molar-refractivity contribution in [1.82, 2.24) is 9.62 Å². The molecule has 2 aromatic carbocycles. The van der Waals surface area contributed by atoms with E-state index < -0.39 is 10.0 Å². The molecule has 0 saturated carbocycles. The summed E-state index contributed by atoms with van der Waals surface area (Å²) in [4.78, 5) is 13.4. The lowest BCUT2D eigenvalue weighted by Gasteiger charge is -2.17. The van der Waals surface area contributed by atoms with E-state index in [4.69, 9.17) is 4.74 Å². The molecule has 1 N–H and O–H groups in total. The number of nitrogens with one attached hydrogen (secondary N) is 1. The van der Waals surface area contributed by atoms with E-state index in [-0.39, 0.29) is 23.9 Å². The highest BCUT2D eigenvalue weighted by Gasteiger charge is 2.22. The van der Waals surface area contributed by atoms with Crippen molar-refractivity contribution in [1.29, 1.82) is 0 Å². The summed E-state index contributed by atoms with van der Waals surface area (Å²) in [5.41, 5.74) is 0.839. The molecule has 0 aliphatic carbocycles. The number of benzene rings is 2. The fourth-order valence-corrected chi connectivity index (χ4v) is 3.95. The van der Waals surface area contributed by atoms with Crippen molar-refractivity contribution in [3.63, 3.8) is 0 Å². The molecule has 0 unspecified atom stereocenters. The van der Waals surface area contributed by atoms with Gasteiger partial charge in [0.05, 0.1) is 18.0 Å². The zero-order valence-corrected chi connectivity index (χ0v) is 17.3. The van der Waals surface area contributed by atoms with E-state index in [1.54, 1.807) is 24.3 Å². The van der Waals surface area contributed by atoms with E-state index in [2.05, 4.69) is 5.32 Å². The zero-order valence-electron chi connectivity index (χ0n) is 15.6. The minimum atomic E-state index is -3.72. The van der Waals surface area contributed by atoms with Crippen molar-refractivity contribution in [2.75, 3.05) is 26.5 Å². The number of sulfonamides is 1. The summed E-state index contributed by atoms with van der Waals surface area (Å²) < 4.78 is 31.8. The normalized spacial score (nSPS) is 11.4. The maximum Gasteiger partial charge on any atom is 0.243 e. The molecule has 8 heteroatoms. The Morgan fingerprint density at radius 2 is 1.81 bits per heavy atom. The van der Waals surface area contributed by atoms with Gasteiger partial charge in [-0.3, -0.25) is 4.79 Å². The largest absolute Gasteiger partial charge is 0.494 e. The van der Waals surface area contributed by atoms with Crippen molar-refractivity contribution in [3.05, 3.63) is 54.1 Å². The van der Waals surface area contributed by atoms with Crippen LogP contribution in [0, 0.1) is 0 Å². The molecular formula is C19H24N2O4S2. The highest BCUT2D eigenvalue weighted by molar-refractivity contribution is 7.98. The Bertz CT molecular complexity index is 868. The summed E-state index contributed by atoms with van der Waals surface area (Å²) in [5.74, 6) is 0.322. The number of carbonyl (C=O) groups is 1. The van der Waals surface area contributed by atoms with E-state index in [0.717, 1.165) is 14.8 Å². The summed E-state index contributed by atoms with van der Waals surface area (Å²) in [6.45, 7) is 2.43. The van der Waals surface area contributed by atoms with Crippen molar-refractivity contribution in [3.8, 4) is 5.75 Å². The van der Waals surface area contributed by atoms with Crippen LogP contribution in [-0.4, -0.2) is 45.1 Å². The summed E-state index contributed by atoms with van der Waals surface area (Å²) in [7, 11) is -2.33. The van der Waals surface area contributed by atoms with Gasteiger partial charge in [-0.25, -0.2) is 8.42 Å². The number of likely N-dealkylation sites (N-methyl/N-ethyl adjacent to an activating group) is 1. The van der Waals surface area contributed by atoms with Gasteiger partial charge < -0.3 is 10.1 Å². The summed E-state index contributed by atoms with van der Waals surface area (Å²) >= 11 is 1.53. The summed E-state index contributed by atoms with van der Waals surface area (Å²) in [5, 5.41) is 2.74. The van der Waals surface area contributed by atoms with Gasteiger partial charge >= 0.3 is 0 Å². The first-order chi connectivity index (χ1) is 12.9. The monoisotopic (exact) mass is 408 g/mol. The molecule has 1 amide bonds. The third-order valence-corrected chi connectivity index (χ3v) is 6.44. The second-order valence-corrected chi connectivity index (χ2v) is 8.68. The lowest BCUT2D eigenvalue weighted by Crippen LogP contribution is -2.38. The summed E-state index contributed by atoms with van der Waals surface area (Å²) in [6.07, 6.45) is 1.92. The lowest BCUT2D eigenvalue weighted by molar-refractivity contribution is -0.121. The molecule has 0 fully saturated rings. The molecule has 0 aromatic heterocycles. The van der Waals surface area contributed by atoms with Crippen LogP contribution in [0.2, 0.25) is 0 Å². The Hall–Kier alpha value is -2.03. The predicted molar refractivity (Wildman–Crippen MR) is 107 cm³/mol. The quantitative estimate of drug-likeness (QED) is 0.646. The van der Waals surface area contributed by atoms with Gasteiger partial charge in [0.1, 0.15) is 5.75 Å². The molecule has 0 bridgehead atoms. The Balaban J connectivity index is 1.98. The molecule has 6 nitrogen and oxygen atoms in total. The van der Waals surface area contributed by atoms with Crippen LogP contribution in [0.15, 0.2) is 58.3 Å². The molecule has 2 aromatic rings. The molecule has 0 heterocycles. The van der Waals surface area contributed by atoms with Crippen LogP contribution in [-0.2, 0) is 21.4 Å². The standard InChI is InChI=1S/C19H24N2O4S2/c1-4-25-18-8-6-5-7-15(18)13-20-19(22)14-21(2)27(23,24)17-11-9-16(26-3)10-12-17/h5-12H,4,13-14H2,1-3H3,(H,20,22). The molecule has 27 heavy (non-hydrogen) atoms. The zero-order chi connectivity index (χ0) is 19.9. The maximum atomic E-state index is 12.6. The van der Waals surface area contributed by atoms with Crippen LogP contribution in [0.3, 0.4) is 0 Å². The average Bonchev–Trinajstić information content (AvgIpc) is 2.67. The van der Waals surface area contributed by atoms with Gasteiger partial charge in [0.15, 0.2) is 0 Å². The number of ether oxygens (including phenoxy) is 1. The number of nitrogens with zero attached hydrogens (tertiary/aromatic N) is 1. The van der Waals surface area contributed by atoms with Gasteiger partial charge in [-0.1, -0.05) is 18.2 Å². The Labute approximate surface area is 165 Å². The van der Waals surface area contributed by atoms with Gasteiger partial charge in [0.25, 0.3) is 0 Å². The maximum absolute atomic E-state index is 12.6. The Kier molecular flexibility index (Phi) is 7.70. The number of thioether (sulfide) groups is 1. The SMILES string of the molecule is CCOc1ccccc1CNC(=O)CN(C)S(=O)(=O)c1ccc(SC)cc1. The number of rotatable bonds is 9. The van der Waals surface area contributed by atoms with Crippen LogP contribution in [0.1, 0.15) is 12.5 Å². The third-order valence-electron chi connectivity index (χ3n) is 3.88. The fourth-order valence-electron chi connectivity index (χ4n) is 2.41. The number of hydrogen-bond donors (Lipinski definition) is 1. The molecule has 2 rings (SSSR count). The Morgan fingerprint density at radius 1 is 1.15 bits per heavy atom. The van der Waals surface area contributed by atoms with Gasteiger partial charge in [-0.15, -0.1) is 11.8 Å². The first-order valence-corrected chi connectivity index (χ1v) is 11.1. The van der Waals surface area contributed by atoms with Gasteiger partial charge in [-0.05, 0) is 43.5 Å². The van der Waals surface area contributed by atoms with E-state index in [1.165, 1.54) is 18.8 Å². The smallest absolute Gasteiger partial charge is 0.243 e. The number of para-hydroxylation sites is 1. The second-order valence-electron chi connectivity index (χ2n) is 5.75. The molecule has 0 aliphatic heterocycles. The highest BCUT2D eigenvalue weighted by atomic mass is 32.2. The van der Waals surface area contributed by atoms with Crippen LogP contribution in [0.25, 0.3) is 0 Å². The average molecular weight is 409 g/mol. The van der Waals surface area contributed by atoms with Gasteiger partial charge in [0.2, 0.25) is 15.9 Å². The number of carbonyl (C=O) groups excluding carboxylic acids is 1. The summed E-state index contributed by atoms with van der Waals surface area (Å²) in [6, 6.07) is 14.0. The van der Waals surface area contributed by atoms with Crippen molar-refractivity contribution in [2.45, 2.75) is 23.3 Å². The lowest BCUT2D eigenvalue weighted by atomic mass is 10.2. The minimum Gasteiger partial charge on any atom is -0.494 e. The fraction of sp³-hybridized carbons (Fsp3) is 0.316. The number of hydrogen-bond acceptors (Lipinski definition) is 5. The number of amides is 1. The third kappa shape index (κ3) is 5.72. The van der Waals surface area contributed by atoms with Gasteiger partial charge in [0, 0.05) is 24.1 Å². The predicted octanol–water partition coefficient (Wildman–Crippen LogP) is 2.74. The molecule has 0 radical (unpaired) electrons. The molecule has 0 saturated heterocycles. The Morgan fingerprint density at radius 3 is 2.44 bits per heavy atom. The van der Waals surface area contributed by atoms with E-state index in [0.29, 0.717) is 12.4 Å². The molecule has 0 spiro atoms. The van der Waals surface area contributed by atoms with Crippen LogP contribution >= 0.6 is 11.8 Å². The van der Waals surface area contributed by atoms with Gasteiger partial charge in [-0.2, -0.15) is 4.31 Å². The van der Waals surface area contributed by atoms with E-state index in [9.17, 15) is 13.2 Å². The van der Waals surface area contributed by atoms with Crippen LogP contribution in [0.4, 0.5) is 0 Å². The van der Waals surface area contributed by atoms with Crippen LogP contribution in [0.5, 0.6) is 5.75 Å². The molecule has 0 aliphatic rings. The van der Waals surface area contributed by atoms with Crippen molar-refractivity contribution in [2.24, 2.45) is 0 Å². The molecular weight excluding hydrogens is 384 g/mol. The van der Waals surface area contributed by atoms with Crippen molar-refractivity contribution >= 4 is 27.7 Å². The topological polar surface area (TPSA) is 75.7 Å². The first kappa shape index (κ1) is 21.3. The minimum absolute atomic E-state index is 0.164. The van der Waals surface area contributed by atoms with Crippen molar-refractivity contribution < 1.29 is 17.9 Å². The van der Waals surface area contributed by atoms with Crippen LogP contribution < -0.4 is 10.1 Å². The molecule has 146 valence electrons. The first-order valence-electron chi connectivity index (χ1n) is 8.46.